The van der Waals surface area contributed by atoms with E-state index in [4.69, 9.17) is 9.47 Å². The molecule has 2 aromatic rings. The van der Waals surface area contributed by atoms with Crippen LogP contribution in [0.15, 0.2) is 42.5 Å². The Balaban J connectivity index is 1.56. The predicted octanol–water partition coefficient (Wildman–Crippen LogP) is 4.41. The molecule has 0 atom stereocenters. The summed E-state index contributed by atoms with van der Waals surface area (Å²) in [6, 6.07) is 11.8. The SMILES string of the molecule is COc1ccc(NC(=O)Nc2ccc(C(=O)NC3CCCCC3)cc2)c(OC)c1. The van der Waals surface area contributed by atoms with Crippen molar-refractivity contribution in [3.63, 3.8) is 0 Å². The highest BCUT2D eigenvalue weighted by Gasteiger charge is 2.16. The highest BCUT2D eigenvalue weighted by atomic mass is 16.5. The van der Waals surface area contributed by atoms with Crippen molar-refractivity contribution in [1.82, 2.24) is 5.32 Å². The Hall–Kier alpha value is -3.22. The maximum Gasteiger partial charge on any atom is 0.323 e. The molecule has 1 saturated carbocycles. The molecule has 0 radical (unpaired) electrons. The average Bonchev–Trinajstić information content (AvgIpc) is 2.75. The van der Waals surface area contributed by atoms with Gasteiger partial charge in [0.05, 0.1) is 19.9 Å². The third kappa shape index (κ3) is 5.63. The largest absolute Gasteiger partial charge is 0.497 e. The first-order chi connectivity index (χ1) is 14.1. The number of carbonyl (C=O) groups is 2. The van der Waals surface area contributed by atoms with Gasteiger partial charge in [-0.1, -0.05) is 19.3 Å². The number of hydrogen-bond acceptors (Lipinski definition) is 4. The van der Waals surface area contributed by atoms with Gasteiger partial charge in [0.1, 0.15) is 11.5 Å². The van der Waals surface area contributed by atoms with Gasteiger partial charge in [0.15, 0.2) is 0 Å². The molecule has 0 heterocycles. The molecule has 154 valence electrons. The standard InChI is InChI=1S/C22H27N3O4/c1-28-18-12-13-19(20(14-18)29-2)25-22(27)24-17-10-8-15(9-11-17)21(26)23-16-6-4-3-5-7-16/h8-14,16H,3-7H2,1-2H3,(H,23,26)(H2,24,25,27). The summed E-state index contributed by atoms with van der Waals surface area (Å²) in [5.74, 6) is 1.06. The van der Waals surface area contributed by atoms with Gasteiger partial charge in [-0.15, -0.1) is 0 Å². The summed E-state index contributed by atoms with van der Waals surface area (Å²) in [4.78, 5) is 24.7. The van der Waals surface area contributed by atoms with Crippen LogP contribution in [0.1, 0.15) is 42.5 Å². The quantitative estimate of drug-likeness (QED) is 0.674. The Morgan fingerprint density at radius 3 is 2.28 bits per heavy atom. The minimum absolute atomic E-state index is 0.0733. The van der Waals surface area contributed by atoms with Crippen LogP contribution in [0.4, 0.5) is 16.2 Å². The van der Waals surface area contributed by atoms with Crippen LogP contribution in [0.5, 0.6) is 11.5 Å². The Bertz CT molecular complexity index is 846. The third-order valence-corrected chi connectivity index (χ3v) is 5.00. The molecule has 1 fully saturated rings. The Labute approximate surface area is 170 Å². The lowest BCUT2D eigenvalue weighted by atomic mass is 9.95. The zero-order valence-corrected chi connectivity index (χ0v) is 16.8. The molecule has 0 unspecified atom stereocenters. The summed E-state index contributed by atoms with van der Waals surface area (Å²) >= 11 is 0. The van der Waals surface area contributed by atoms with Crippen LogP contribution in [0.25, 0.3) is 0 Å². The van der Waals surface area contributed by atoms with Crippen LogP contribution in [-0.2, 0) is 0 Å². The second kappa shape index (κ2) is 9.82. The van der Waals surface area contributed by atoms with Gasteiger partial charge in [-0.2, -0.15) is 0 Å². The molecule has 3 N–H and O–H groups in total. The van der Waals surface area contributed by atoms with E-state index in [1.165, 1.54) is 26.4 Å². The van der Waals surface area contributed by atoms with Gasteiger partial charge in [0.25, 0.3) is 5.91 Å². The van der Waals surface area contributed by atoms with Crippen molar-refractivity contribution in [2.24, 2.45) is 0 Å². The number of rotatable bonds is 6. The normalized spacial score (nSPS) is 14.0. The molecule has 0 spiro atoms. The van der Waals surface area contributed by atoms with Gasteiger partial charge in [-0.3, -0.25) is 4.79 Å². The molecular formula is C22H27N3O4. The monoisotopic (exact) mass is 397 g/mol. The topological polar surface area (TPSA) is 88.7 Å². The van der Waals surface area contributed by atoms with Crippen molar-refractivity contribution in [3.8, 4) is 11.5 Å². The molecule has 0 bridgehead atoms. The lowest BCUT2D eigenvalue weighted by Crippen LogP contribution is -2.36. The number of urea groups is 1. The number of anilines is 2. The first kappa shape index (κ1) is 20.5. The van der Waals surface area contributed by atoms with Gasteiger partial charge >= 0.3 is 6.03 Å². The fourth-order valence-electron chi connectivity index (χ4n) is 3.41. The molecule has 7 heteroatoms. The molecule has 0 aliphatic heterocycles. The molecule has 0 saturated heterocycles. The smallest absolute Gasteiger partial charge is 0.323 e. The lowest BCUT2D eigenvalue weighted by molar-refractivity contribution is 0.0927. The van der Waals surface area contributed by atoms with Gasteiger partial charge in [-0.05, 0) is 49.2 Å². The molecule has 3 rings (SSSR count). The van der Waals surface area contributed by atoms with Crippen LogP contribution in [-0.4, -0.2) is 32.2 Å². The van der Waals surface area contributed by atoms with E-state index < -0.39 is 6.03 Å². The fourth-order valence-corrected chi connectivity index (χ4v) is 3.41. The van der Waals surface area contributed by atoms with E-state index in [1.54, 1.807) is 49.6 Å². The van der Waals surface area contributed by atoms with Crippen molar-refractivity contribution < 1.29 is 19.1 Å². The fraction of sp³-hybridized carbons (Fsp3) is 0.364. The van der Waals surface area contributed by atoms with Crippen LogP contribution in [0, 0.1) is 0 Å². The van der Waals surface area contributed by atoms with E-state index in [9.17, 15) is 9.59 Å². The second-order valence-corrected chi connectivity index (χ2v) is 7.03. The number of methoxy groups -OCH3 is 2. The van der Waals surface area contributed by atoms with E-state index in [0.717, 1.165) is 12.8 Å². The Kier molecular flexibility index (Phi) is 6.94. The second-order valence-electron chi connectivity index (χ2n) is 7.03. The first-order valence-electron chi connectivity index (χ1n) is 9.80. The van der Waals surface area contributed by atoms with Crippen molar-refractivity contribution in [2.45, 2.75) is 38.1 Å². The van der Waals surface area contributed by atoms with Crippen LogP contribution in [0.2, 0.25) is 0 Å². The zero-order chi connectivity index (χ0) is 20.6. The molecular weight excluding hydrogens is 370 g/mol. The predicted molar refractivity (Wildman–Crippen MR) is 113 cm³/mol. The van der Waals surface area contributed by atoms with E-state index in [1.807, 2.05) is 0 Å². The summed E-state index contributed by atoms with van der Waals surface area (Å²) in [6.07, 6.45) is 5.67. The van der Waals surface area contributed by atoms with Gasteiger partial charge in [0, 0.05) is 23.4 Å². The van der Waals surface area contributed by atoms with Crippen molar-refractivity contribution in [1.29, 1.82) is 0 Å². The van der Waals surface area contributed by atoms with Crippen LogP contribution >= 0.6 is 0 Å². The molecule has 29 heavy (non-hydrogen) atoms. The van der Waals surface area contributed by atoms with Crippen molar-refractivity contribution in [2.75, 3.05) is 24.9 Å². The summed E-state index contributed by atoms with van der Waals surface area (Å²) in [5.41, 5.74) is 1.69. The number of benzene rings is 2. The summed E-state index contributed by atoms with van der Waals surface area (Å²) in [7, 11) is 3.09. The molecule has 1 aliphatic rings. The van der Waals surface area contributed by atoms with Gasteiger partial charge < -0.3 is 25.4 Å². The van der Waals surface area contributed by atoms with E-state index in [-0.39, 0.29) is 11.9 Å². The van der Waals surface area contributed by atoms with Gasteiger partial charge in [0.2, 0.25) is 0 Å². The third-order valence-electron chi connectivity index (χ3n) is 5.00. The Morgan fingerprint density at radius 2 is 1.62 bits per heavy atom. The Morgan fingerprint density at radius 1 is 0.897 bits per heavy atom. The highest BCUT2D eigenvalue weighted by molar-refractivity contribution is 6.01. The minimum atomic E-state index is -0.409. The first-order valence-corrected chi connectivity index (χ1v) is 9.80. The van der Waals surface area contributed by atoms with Gasteiger partial charge in [-0.25, -0.2) is 4.79 Å². The average molecular weight is 397 g/mol. The molecule has 2 aromatic carbocycles. The molecule has 3 amide bonds. The van der Waals surface area contributed by atoms with Crippen LogP contribution in [0.3, 0.4) is 0 Å². The van der Waals surface area contributed by atoms with E-state index in [2.05, 4.69) is 16.0 Å². The highest BCUT2D eigenvalue weighted by Crippen LogP contribution is 2.29. The van der Waals surface area contributed by atoms with E-state index >= 15 is 0 Å². The maximum atomic E-state index is 12.4. The number of carbonyl (C=O) groups excluding carboxylic acids is 2. The lowest BCUT2D eigenvalue weighted by Gasteiger charge is -2.22. The van der Waals surface area contributed by atoms with E-state index in [0.29, 0.717) is 28.4 Å². The summed E-state index contributed by atoms with van der Waals surface area (Å²) in [6.45, 7) is 0. The molecule has 1 aliphatic carbocycles. The number of amides is 3. The number of nitrogens with one attached hydrogen (secondary N) is 3. The van der Waals surface area contributed by atoms with Crippen LogP contribution < -0.4 is 25.4 Å². The number of ether oxygens (including phenoxy) is 2. The zero-order valence-electron chi connectivity index (χ0n) is 16.8. The van der Waals surface area contributed by atoms with Crippen molar-refractivity contribution in [3.05, 3.63) is 48.0 Å². The molecule has 0 aromatic heterocycles. The van der Waals surface area contributed by atoms with Crippen molar-refractivity contribution >= 4 is 23.3 Å². The maximum absolute atomic E-state index is 12.4. The number of hydrogen-bond donors (Lipinski definition) is 3. The summed E-state index contributed by atoms with van der Waals surface area (Å²) < 4.78 is 10.4. The minimum Gasteiger partial charge on any atom is -0.497 e. The summed E-state index contributed by atoms with van der Waals surface area (Å²) in [5, 5.41) is 8.58. The molecule has 7 nitrogen and oxygen atoms in total.